The standard InChI is InChI=1S/C18H30O2Si/c1-8-9-16-14-11-10-13(21(5,6)7)12-15(14)17(19-16)20-18(2,3)4/h10-12,16-17H,8-9H2,1-7H3. The van der Waals surface area contributed by atoms with Gasteiger partial charge in [-0.05, 0) is 32.8 Å². The fourth-order valence-electron chi connectivity index (χ4n) is 2.73. The lowest BCUT2D eigenvalue weighted by molar-refractivity contribution is -0.208. The molecule has 2 rings (SSSR count). The molecule has 0 spiro atoms. The Bertz CT molecular complexity index is 497. The van der Waals surface area contributed by atoms with Crippen LogP contribution in [-0.2, 0) is 9.47 Å². The van der Waals surface area contributed by atoms with E-state index in [1.165, 1.54) is 16.3 Å². The molecule has 2 atom stereocenters. The van der Waals surface area contributed by atoms with E-state index >= 15 is 0 Å². The molecule has 0 saturated heterocycles. The highest BCUT2D eigenvalue weighted by Gasteiger charge is 2.35. The zero-order valence-corrected chi connectivity index (χ0v) is 15.6. The van der Waals surface area contributed by atoms with Crippen LogP contribution in [0.4, 0.5) is 0 Å². The predicted octanol–water partition coefficient (Wildman–Crippen LogP) is 4.92. The van der Waals surface area contributed by atoms with Gasteiger partial charge in [0.1, 0.15) is 0 Å². The van der Waals surface area contributed by atoms with Crippen LogP contribution in [0.1, 0.15) is 64.1 Å². The first kappa shape index (κ1) is 16.7. The van der Waals surface area contributed by atoms with E-state index in [1.807, 2.05) is 0 Å². The lowest BCUT2D eigenvalue weighted by atomic mass is 10.0. The van der Waals surface area contributed by atoms with Crippen molar-refractivity contribution >= 4 is 13.3 Å². The molecule has 0 N–H and O–H groups in total. The van der Waals surface area contributed by atoms with E-state index in [9.17, 15) is 0 Å². The molecule has 1 aromatic carbocycles. The summed E-state index contributed by atoms with van der Waals surface area (Å²) in [6.07, 6.45) is 2.16. The maximum absolute atomic E-state index is 6.21. The molecular weight excluding hydrogens is 276 g/mol. The lowest BCUT2D eigenvalue weighted by Gasteiger charge is -2.26. The third-order valence-electron chi connectivity index (χ3n) is 3.85. The SMILES string of the molecule is CCCC1OC(OC(C)(C)C)c2cc([Si](C)(C)C)ccc21. The first-order chi connectivity index (χ1) is 9.62. The maximum atomic E-state index is 6.21. The Labute approximate surface area is 130 Å². The summed E-state index contributed by atoms with van der Waals surface area (Å²) >= 11 is 0. The van der Waals surface area contributed by atoms with E-state index in [0.717, 1.165) is 12.8 Å². The first-order valence-electron chi connectivity index (χ1n) is 8.09. The topological polar surface area (TPSA) is 18.5 Å². The largest absolute Gasteiger partial charge is 0.343 e. The Morgan fingerprint density at radius 1 is 1.14 bits per heavy atom. The molecule has 0 radical (unpaired) electrons. The Balaban J connectivity index is 2.38. The van der Waals surface area contributed by atoms with E-state index in [-0.39, 0.29) is 18.0 Å². The van der Waals surface area contributed by atoms with Gasteiger partial charge in [-0.1, -0.05) is 56.4 Å². The second-order valence-electron chi connectivity index (χ2n) is 8.07. The van der Waals surface area contributed by atoms with Crippen LogP contribution in [0, 0.1) is 0 Å². The summed E-state index contributed by atoms with van der Waals surface area (Å²) in [5.74, 6) is 0. The number of hydrogen-bond acceptors (Lipinski definition) is 2. The molecule has 1 aromatic rings. The Hall–Kier alpha value is -0.643. The van der Waals surface area contributed by atoms with E-state index in [2.05, 4.69) is 65.5 Å². The van der Waals surface area contributed by atoms with Gasteiger partial charge >= 0.3 is 0 Å². The summed E-state index contributed by atoms with van der Waals surface area (Å²) in [7, 11) is -1.32. The quantitative estimate of drug-likeness (QED) is 0.735. The number of rotatable bonds is 4. The van der Waals surface area contributed by atoms with Crippen LogP contribution >= 0.6 is 0 Å². The monoisotopic (exact) mass is 306 g/mol. The lowest BCUT2D eigenvalue weighted by Crippen LogP contribution is -2.38. The maximum Gasteiger partial charge on any atom is 0.185 e. The second-order valence-corrected chi connectivity index (χ2v) is 13.1. The zero-order valence-electron chi connectivity index (χ0n) is 14.6. The van der Waals surface area contributed by atoms with Crippen LogP contribution in [0.15, 0.2) is 18.2 Å². The molecule has 0 aliphatic carbocycles. The van der Waals surface area contributed by atoms with E-state index in [4.69, 9.17) is 9.47 Å². The van der Waals surface area contributed by atoms with Gasteiger partial charge in [0.2, 0.25) is 0 Å². The third-order valence-corrected chi connectivity index (χ3v) is 5.90. The van der Waals surface area contributed by atoms with Crippen LogP contribution < -0.4 is 5.19 Å². The number of hydrogen-bond donors (Lipinski definition) is 0. The average Bonchev–Trinajstić information content (AvgIpc) is 2.64. The summed E-state index contributed by atoms with van der Waals surface area (Å²) in [6, 6.07) is 6.92. The number of fused-ring (bicyclic) bond motifs is 1. The molecule has 1 aliphatic heterocycles. The van der Waals surface area contributed by atoms with Gasteiger partial charge in [0, 0.05) is 5.56 Å². The smallest absolute Gasteiger partial charge is 0.185 e. The van der Waals surface area contributed by atoms with Gasteiger partial charge in [0.05, 0.1) is 19.8 Å². The Morgan fingerprint density at radius 3 is 2.33 bits per heavy atom. The summed E-state index contributed by atoms with van der Waals surface area (Å²) in [6.45, 7) is 15.6. The minimum atomic E-state index is -1.32. The molecule has 0 fully saturated rings. The Kier molecular flexibility index (Phi) is 4.67. The highest BCUT2D eigenvalue weighted by molar-refractivity contribution is 6.88. The molecular formula is C18H30O2Si. The number of benzene rings is 1. The second kappa shape index (κ2) is 5.86. The molecule has 0 saturated carbocycles. The Morgan fingerprint density at radius 2 is 1.81 bits per heavy atom. The molecule has 21 heavy (non-hydrogen) atoms. The third kappa shape index (κ3) is 3.96. The van der Waals surface area contributed by atoms with Crippen molar-refractivity contribution in [1.82, 2.24) is 0 Å². The fraction of sp³-hybridized carbons (Fsp3) is 0.667. The molecule has 0 bridgehead atoms. The molecule has 2 unspecified atom stereocenters. The van der Waals surface area contributed by atoms with E-state index < -0.39 is 8.07 Å². The normalized spacial score (nSPS) is 22.4. The molecule has 1 heterocycles. The van der Waals surface area contributed by atoms with Gasteiger partial charge < -0.3 is 9.47 Å². The van der Waals surface area contributed by atoms with Crippen LogP contribution in [-0.4, -0.2) is 13.7 Å². The van der Waals surface area contributed by atoms with Gasteiger partial charge in [-0.15, -0.1) is 0 Å². The van der Waals surface area contributed by atoms with Crippen molar-refractivity contribution in [2.24, 2.45) is 0 Å². The van der Waals surface area contributed by atoms with Gasteiger partial charge in [-0.3, -0.25) is 0 Å². The van der Waals surface area contributed by atoms with Crippen molar-refractivity contribution < 1.29 is 9.47 Å². The van der Waals surface area contributed by atoms with Gasteiger partial charge in [0.25, 0.3) is 0 Å². The average molecular weight is 307 g/mol. The van der Waals surface area contributed by atoms with Crippen molar-refractivity contribution in [2.75, 3.05) is 0 Å². The molecule has 0 aromatic heterocycles. The van der Waals surface area contributed by atoms with Gasteiger partial charge in [0.15, 0.2) is 6.29 Å². The summed E-state index contributed by atoms with van der Waals surface area (Å²) in [5.41, 5.74) is 2.38. The van der Waals surface area contributed by atoms with E-state index in [1.54, 1.807) is 0 Å². The van der Waals surface area contributed by atoms with Crippen molar-refractivity contribution in [3.63, 3.8) is 0 Å². The van der Waals surface area contributed by atoms with Gasteiger partial charge in [-0.2, -0.15) is 0 Å². The fourth-order valence-corrected chi connectivity index (χ4v) is 3.90. The first-order valence-corrected chi connectivity index (χ1v) is 11.6. The highest BCUT2D eigenvalue weighted by Crippen LogP contribution is 2.43. The molecule has 1 aliphatic rings. The molecule has 2 nitrogen and oxygen atoms in total. The number of ether oxygens (including phenoxy) is 2. The summed E-state index contributed by atoms with van der Waals surface area (Å²) in [5, 5.41) is 1.48. The minimum Gasteiger partial charge on any atom is -0.343 e. The van der Waals surface area contributed by atoms with Crippen LogP contribution in [0.25, 0.3) is 0 Å². The molecule has 3 heteroatoms. The van der Waals surface area contributed by atoms with Crippen LogP contribution in [0.5, 0.6) is 0 Å². The molecule has 0 amide bonds. The van der Waals surface area contributed by atoms with Crippen molar-refractivity contribution in [2.45, 2.75) is 78.2 Å². The van der Waals surface area contributed by atoms with Crippen LogP contribution in [0.3, 0.4) is 0 Å². The van der Waals surface area contributed by atoms with Crippen LogP contribution in [0.2, 0.25) is 19.6 Å². The van der Waals surface area contributed by atoms with Crippen molar-refractivity contribution in [3.05, 3.63) is 29.3 Å². The minimum absolute atomic E-state index is 0.188. The summed E-state index contributed by atoms with van der Waals surface area (Å²) in [4.78, 5) is 0. The van der Waals surface area contributed by atoms with Gasteiger partial charge in [-0.25, -0.2) is 0 Å². The highest BCUT2D eigenvalue weighted by atomic mass is 28.3. The predicted molar refractivity (Wildman–Crippen MR) is 91.7 cm³/mol. The van der Waals surface area contributed by atoms with Crippen molar-refractivity contribution in [1.29, 1.82) is 0 Å². The summed E-state index contributed by atoms with van der Waals surface area (Å²) < 4.78 is 12.4. The van der Waals surface area contributed by atoms with Crippen molar-refractivity contribution in [3.8, 4) is 0 Å². The van der Waals surface area contributed by atoms with E-state index in [0.29, 0.717) is 0 Å². The molecule has 118 valence electrons. The zero-order chi connectivity index (χ0) is 15.8.